The van der Waals surface area contributed by atoms with Crippen molar-refractivity contribution in [2.45, 2.75) is 44.8 Å². The quantitative estimate of drug-likeness (QED) is 0.191. The number of nitrogens with zero attached hydrogens (tertiary/aromatic N) is 4. The molecule has 2 aromatic heterocycles. The van der Waals surface area contributed by atoms with Gasteiger partial charge in [0.05, 0.1) is 11.0 Å². The zero-order valence-corrected chi connectivity index (χ0v) is 27.3. The summed E-state index contributed by atoms with van der Waals surface area (Å²) >= 11 is 0. The monoisotopic (exact) mass is 624 g/mol. The number of benzene rings is 5. The highest BCUT2D eigenvalue weighted by molar-refractivity contribution is 6.10. The van der Waals surface area contributed by atoms with Gasteiger partial charge in [-0.25, -0.2) is 9.98 Å². The fraction of sp³-hybridized carbons (Fsp3) is 0.163. The van der Waals surface area contributed by atoms with Gasteiger partial charge in [-0.05, 0) is 82.8 Å². The van der Waals surface area contributed by atoms with E-state index in [1.165, 1.54) is 27.5 Å². The summed E-state index contributed by atoms with van der Waals surface area (Å²) in [4.78, 5) is 12.2. The zero-order chi connectivity index (χ0) is 32.4. The van der Waals surface area contributed by atoms with Gasteiger partial charge in [-0.2, -0.15) is 0 Å². The molecule has 2 aliphatic rings. The summed E-state index contributed by atoms with van der Waals surface area (Å²) in [5.74, 6) is 1.61. The normalized spacial score (nSPS) is 16.9. The van der Waals surface area contributed by atoms with E-state index >= 15 is 0 Å². The Morgan fingerprint density at radius 2 is 1.44 bits per heavy atom. The molecule has 1 aliphatic carbocycles. The molecule has 9 rings (SSSR count). The van der Waals surface area contributed by atoms with Gasteiger partial charge in [0.2, 0.25) is 5.90 Å². The summed E-state index contributed by atoms with van der Waals surface area (Å²) in [6.07, 6.45) is 2.80. The van der Waals surface area contributed by atoms with Crippen LogP contribution >= 0.6 is 0 Å². The summed E-state index contributed by atoms with van der Waals surface area (Å²) in [6, 6.07) is 47.6. The SMILES string of the molecule is CC(C)(C)c1ccc(N(c2cccc(C3=N[C@@H]4c5ccccc5C[C@@H]4O3)c2)c2ccc3c4ccccc4n(-c4ccccn4)c3c2)cc1. The summed E-state index contributed by atoms with van der Waals surface area (Å²) in [6.45, 7) is 6.76. The molecular weight excluding hydrogens is 589 g/mol. The van der Waals surface area contributed by atoms with Crippen molar-refractivity contribution in [1.82, 2.24) is 9.55 Å². The van der Waals surface area contributed by atoms with E-state index in [1.807, 2.05) is 18.3 Å². The average Bonchev–Trinajstić information content (AvgIpc) is 3.78. The maximum atomic E-state index is 6.53. The van der Waals surface area contributed by atoms with E-state index < -0.39 is 0 Å². The molecule has 0 amide bonds. The predicted octanol–water partition coefficient (Wildman–Crippen LogP) is 10.4. The highest BCUT2D eigenvalue weighted by atomic mass is 16.5. The van der Waals surface area contributed by atoms with Crippen molar-refractivity contribution in [2.75, 3.05) is 4.90 Å². The Bertz CT molecular complexity index is 2350. The Morgan fingerprint density at radius 3 is 2.27 bits per heavy atom. The van der Waals surface area contributed by atoms with Gasteiger partial charge in [0, 0.05) is 46.0 Å². The van der Waals surface area contributed by atoms with Crippen molar-refractivity contribution >= 4 is 44.8 Å². The highest BCUT2D eigenvalue weighted by Crippen LogP contribution is 2.43. The Kier molecular flexibility index (Phi) is 6.51. The van der Waals surface area contributed by atoms with Crippen molar-refractivity contribution in [1.29, 1.82) is 0 Å². The van der Waals surface area contributed by atoms with E-state index in [1.54, 1.807) is 0 Å². The maximum Gasteiger partial charge on any atom is 0.217 e. The molecule has 234 valence electrons. The Hall–Kier alpha value is -5.68. The largest absolute Gasteiger partial charge is 0.471 e. The summed E-state index contributed by atoms with van der Waals surface area (Å²) < 4.78 is 8.80. The molecule has 48 heavy (non-hydrogen) atoms. The van der Waals surface area contributed by atoms with Crippen molar-refractivity contribution in [3.05, 3.63) is 162 Å². The number of aliphatic imine (C=N–C) groups is 1. The van der Waals surface area contributed by atoms with Gasteiger partial charge in [-0.15, -0.1) is 0 Å². The molecule has 0 N–H and O–H groups in total. The smallest absolute Gasteiger partial charge is 0.217 e. The van der Waals surface area contributed by atoms with Gasteiger partial charge in [-0.1, -0.05) is 93.6 Å². The third kappa shape index (κ3) is 4.69. The van der Waals surface area contributed by atoms with Crippen LogP contribution in [0.15, 0.2) is 145 Å². The zero-order valence-electron chi connectivity index (χ0n) is 27.3. The topological polar surface area (TPSA) is 42.6 Å². The first-order valence-electron chi connectivity index (χ1n) is 16.7. The summed E-state index contributed by atoms with van der Waals surface area (Å²) in [5, 5.41) is 2.40. The number of para-hydroxylation sites is 1. The van der Waals surface area contributed by atoms with Gasteiger partial charge >= 0.3 is 0 Å². The van der Waals surface area contributed by atoms with Crippen LogP contribution in [0.2, 0.25) is 0 Å². The van der Waals surface area contributed by atoms with Crippen LogP contribution in [-0.2, 0) is 16.6 Å². The first-order valence-corrected chi connectivity index (χ1v) is 16.7. The maximum absolute atomic E-state index is 6.53. The standard InChI is InChI=1S/C43H36N4O/c1-43(2,3)30-18-20-31(21-19-30)46(32-13-10-12-29(25-32)42-45-41-34-14-5-4-11-28(34)26-39(41)48-42)33-22-23-36-35-15-6-7-16-37(35)47(38(36)27-33)40-17-8-9-24-44-40/h4-25,27,39,41H,26H2,1-3H3/t39-,41+/m0/s1. The van der Waals surface area contributed by atoms with Gasteiger partial charge in [0.25, 0.3) is 0 Å². The van der Waals surface area contributed by atoms with Gasteiger partial charge in [-0.3, -0.25) is 4.57 Å². The van der Waals surface area contributed by atoms with E-state index in [2.05, 4.69) is 152 Å². The van der Waals surface area contributed by atoms with Crippen molar-refractivity contribution in [2.24, 2.45) is 4.99 Å². The lowest BCUT2D eigenvalue weighted by atomic mass is 9.87. The molecule has 0 fully saturated rings. The van der Waals surface area contributed by atoms with Crippen LogP contribution in [0.1, 0.15) is 49.1 Å². The van der Waals surface area contributed by atoms with Crippen molar-refractivity contribution in [3.8, 4) is 5.82 Å². The Morgan fingerprint density at radius 1 is 0.688 bits per heavy atom. The van der Waals surface area contributed by atoms with Crippen LogP contribution < -0.4 is 4.90 Å². The molecule has 0 saturated carbocycles. The molecule has 0 bridgehead atoms. The fourth-order valence-corrected chi connectivity index (χ4v) is 7.41. The number of rotatable bonds is 5. The third-order valence-electron chi connectivity index (χ3n) is 9.80. The highest BCUT2D eigenvalue weighted by Gasteiger charge is 2.39. The van der Waals surface area contributed by atoms with Gasteiger partial charge < -0.3 is 9.64 Å². The van der Waals surface area contributed by atoms with Crippen LogP contribution in [-0.4, -0.2) is 21.6 Å². The number of fused-ring (bicyclic) bond motifs is 6. The molecule has 2 atom stereocenters. The molecule has 3 heterocycles. The lowest BCUT2D eigenvalue weighted by molar-refractivity contribution is 0.206. The molecule has 0 unspecified atom stereocenters. The molecule has 7 aromatic rings. The second-order valence-electron chi connectivity index (χ2n) is 13.9. The Balaban J connectivity index is 1.20. The Labute approximate surface area is 280 Å². The molecule has 0 saturated heterocycles. The minimum Gasteiger partial charge on any atom is -0.471 e. The second-order valence-corrected chi connectivity index (χ2v) is 13.9. The second kappa shape index (κ2) is 11.0. The van der Waals surface area contributed by atoms with Crippen LogP contribution in [0.25, 0.3) is 27.6 Å². The first kappa shape index (κ1) is 28.5. The van der Waals surface area contributed by atoms with Gasteiger partial charge in [0.15, 0.2) is 0 Å². The first-order chi connectivity index (χ1) is 23.4. The lowest BCUT2D eigenvalue weighted by Crippen LogP contribution is -2.15. The van der Waals surface area contributed by atoms with Crippen LogP contribution in [0.5, 0.6) is 0 Å². The fourth-order valence-electron chi connectivity index (χ4n) is 7.41. The number of anilines is 3. The summed E-state index contributed by atoms with van der Waals surface area (Å²) in [7, 11) is 0. The minimum atomic E-state index is 0.0526. The lowest BCUT2D eigenvalue weighted by Gasteiger charge is -2.27. The number of hydrogen-bond donors (Lipinski definition) is 0. The summed E-state index contributed by atoms with van der Waals surface area (Å²) in [5.41, 5.74) is 10.4. The molecular formula is C43H36N4O. The molecule has 5 heteroatoms. The van der Waals surface area contributed by atoms with E-state index in [0.29, 0.717) is 0 Å². The van der Waals surface area contributed by atoms with Crippen LogP contribution in [0, 0.1) is 0 Å². The predicted molar refractivity (Wildman–Crippen MR) is 196 cm³/mol. The van der Waals surface area contributed by atoms with Crippen molar-refractivity contribution in [3.63, 3.8) is 0 Å². The molecule has 5 nitrogen and oxygen atoms in total. The molecule has 5 aromatic carbocycles. The van der Waals surface area contributed by atoms with E-state index in [9.17, 15) is 0 Å². The third-order valence-corrected chi connectivity index (χ3v) is 9.80. The van der Waals surface area contributed by atoms with Crippen molar-refractivity contribution < 1.29 is 4.74 Å². The van der Waals surface area contributed by atoms with Crippen LogP contribution in [0.3, 0.4) is 0 Å². The van der Waals surface area contributed by atoms with Crippen LogP contribution in [0.4, 0.5) is 17.1 Å². The van der Waals surface area contributed by atoms with E-state index in [4.69, 9.17) is 14.7 Å². The number of pyridine rings is 1. The molecule has 1 aliphatic heterocycles. The number of aromatic nitrogens is 2. The number of hydrogen-bond acceptors (Lipinski definition) is 4. The van der Waals surface area contributed by atoms with E-state index in [-0.39, 0.29) is 17.6 Å². The molecule has 0 spiro atoms. The number of ether oxygens (including phenoxy) is 1. The van der Waals surface area contributed by atoms with E-state index in [0.717, 1.165) is 51.8 Å². The minimum absolute atomic E-state index is 0.0526. The average molecular weight is 625 g/mol. The van der Waals surface area contributed by atoms with Gasteiger partial charge in [0.1, 0.15) is 18.0 Å². The molecule has 0 radical (unpaired) electrons.